The van der Waals surface area contributed by atoms with Gasteiger partial charge in [-0.15, -0.1) is 0 Å². The first-order chi connectivity index (χ1) is 18.8. The van der Waals surface area contributed by atoms with Gasteiger partial charge in [0.05, 0.1) is 37.0 Å². The zero-order chi connectivity index (χ0) is 29.2. The fourth-order valence-electron chi connectivity index (χ4n) is 5.13. The number of carboxylic acids is 1. The molecule has 10 nitrogen and oxygen atoms in total. The van der Waals surface area contributed by atoms with Crippen LogP contribution in [0.25, 0.3) is 5.69 Å². The lowest BCUT2D eigenvalue weighted by atomic mass is 10.0. The van der Waals surface area contributed by atoms with E-state index in [4.69, 9.17) is 4.74 Å². The van der Waals surface area contributed by atoms with Gasteiger partial charge >= 0.3 is 11.8 Å². The smallest absolute Gasteiger partial charge is 0.408 e. The van der Waals surface area contributed by atoms with Crippen LogP contribution < -0.4 is 21.7 Å². The minimum absolute atomic E-state index is 0.0587. The average Bonchev–Trinajstić information content (AvgIpc) is 2.87. The monoisotopic (exact) mass is 548 g/mol. The number of benzene rings is 2. The Morgan fingerprint density at radius 2 is 1.70 bits per heavy atom. The Balaban J connectivity index is 1.56. The first-order valence-corrected chi connectivity index (χ1v) is 13.3. The molecule has 40 heavy (non-hydrogen) atoms. The zero-order valence-corrected chi connectivity index (χ0v) is 23.6. The summed E-state index contributed by atoms with van der Waals surface area (Å²) in [5.74, 6) is -1.45. The summed E-state index contributed by atoms with van der Waals surface area (Å²) in [7, 11) is 3.83. The molecular formula is C30H36N4O6. The van der Waals surface area contributed by atoms with E-state index in [2.05, 4.69) is 24.5 Å². The third-order valence-corrected chi connectivity index (χ3v) is 7.14. The number of rotatable bonds is 7. The molecule has 1 aliphatic rings. The van der Waals surface area contributed by atoms with Crippen molar-refractivity contribution in [3.63, 3.8) is 0 Å². The van der Waals surface area contributed by atoms with E-state index in [1.54, 1.807) is 56.7 Å². The number of fused-ring (bicyclic) bond motifs is 1. The molecule has 0 saturated carbocycles. The Bertz CT molecular complexity index is 1520. The van der Waals surface area contributed by atoms with Gasteiger partial charge in [-0.25, -0.2) is 14.2 Å². The first-order valence-electron chi connectivity index (χ1n) is 13.3. The summed E-state index contributed by atoms with van der Waals surface area (Å²) in [4.78, 5) is 50.6. The average molecular weight is 549 g/mol. The summed E-state index contributed by atoms with van der Waals surface area (Å²) >= 11 is 0. The highest BCUT2D eigenvalue weighted by atomic mass is 16.6. The number of carbonyl (C=O) groups excluding carboxylic acids is 2. The van der Waals surface area contributed by atoms with Crippen molar-refractivity contribution in [2.24, 2.45) is 7.05 Å². The molecule has 2 atom stereocenters. The largest absolute Gasteiger partial charge is 0.548 e. The highest BCUT2D eigenvalue weighted by Gasteiger charge is 2.33. The summed E-state index contributed by atoms with van der Waals surface area (Å²) in [6, 6.07) is 15.3. The third kappa shape index (κ3) is 6.51. The van der Waals surface area contributed by atoms with Gasteiger partial charge < -0.3 is 24.4 Å². The molecule has 4 rings (SSSR count). The Labute approximate surface area is 233 Å². The maximum absolute atomic E-state index is 13.5. The molecule has 1 unspecified atom stereocenters. The minimum Gasteiger partial charge on any atom is -0.548 e. The second kappa shape index (κ2) is 11.1. The predicted octanol–water partition coefficient (Wildman–Crippen LogP) is 1.42. The lowest BCUT2D eigenvalue weighted by molar-refractivity contribution is -0.937. The molecule has 1 amide bonds. The molecule has 1 aromatic heterocycles. The highest BCUT2D eigenvalue weighted by Crippen LogP contribution is 2.24. The molecule has 10 heteroatoms. The van der Waals surface area contributed by atoms with Gasteiger partial charge in [-0.05, 0) is 44.9 Å². The second-order valence-electron chi connectivity index (χ2n) is 11.7. The van der Waals surface area contributed by atoms with Gasteiger partial charge in [0.15, 0.2) is 0 Å². The number of aromatic nitrogens is 2. The molecule has 2 heterocycles. The van der Waals surface area contributed by atoms with Gasteiger partial charge in [-0.1, -0.05) is 42.5 Å². The van der Waals surface area contributed by atoms with Crippen LogP contribution in [0, 0.1) is 0 Å². The normalized spacial score (nSPS) is 17.5. The van der Waals surface area contributed by atoms with Crippen molar-refractivity contribution in [3.05, 3.63) is 97.8 Å². The Morgan fingerprint density at radius 3 is 2.30 bits per heavy atom. The van der Waals surface area contributed by atoms with Crippen molar-refractivity contribution in [3.8, 4) is 5.69 Å². The molecule has 1 aliphatic heterocycles. The van der Waals surface area contributed by atoms with Crippen LogP contribution in [-0.2, 0) is 42.5 Å². The number of nitrogens with one attached hydrogen (secondary N) is 1. The molecule has 0 spiro atoms. The van der Waals surface area contributed by atoms with E-state index in [1.165, 1.54) is 5.56 Å². The van der Waals surface area contributed by atoms with Gasteiger partial charge in [0.25, 0.3) is 5.56 Å². The number of hydrogen-bond acceptors (Lipinski definition) is 6. The number of nitrogens with zero attached hydrogens (tertiary/aromatic N) is 3. The molecule has 0 radical (unpaired) electrons. The molecule has 0 saturated heterocycles. The number of carboxylic acid groups (broad SMARTS) is 1. The van der Waals surface area contributed by atoms with E-state index < -0.39 is 29.4 Å². The Morgan fingerprint density at radius 1 is 1.05 bits per heavy atom. The van der Waals surface area contributed by atoms with Crippen molar-refractivity contribution < 1.29 is 23.9 Å². The standard InChI is InChI=1S/C30H36N4O6/c1-30(2,3)40-28(38)31-24(27(36)37)17-20-11-13-22(14-12-20)33-26(35)23-15-16-34(5,18-21-9-7-6-8-10-21)19-25(23)32(4)29(33)39/h6-14,24H,15-19H2,1-5H3,(H-,31,36,37,38)/t24-,34?/m0/s1. The zero-order valence-electron chi connectivity index (χ0n) is 23.6. The SMILES string of the molecule is Cn1c2c(c(=O)n(-c3ccc(C[C@H](NC(=O)OC(C)(C)C)C(=O)[O-])cc3)c1=O)CC[N+](C)(Cc1ccccc1)C2. The molecule has 2 aromatic carbocycles. The van der Waals surface area contributed by atoms with Crippen LogP contribution in [0.5, 0.6) is 0 Å². The number of hydrogen-bond donors (Lipinski definition) is 1. The minimum atomic E-state index is -1.45. The molecular weight excluding hydrogens is 512 g/mol. The van der Waals surface area contributed by atoms with E-state index >= 15 is 0 Å². The van der Waals surface area contributed by atoms with Gasteiger partial charge in [0, 0.05) is 24.6 Å². The lowest BCUT2D eigenvalue weighted by Gasteiger charge is -2.39. The van der Waals surface area contributed by atoms with E-state index in [0.29, 0.717) is 34.3 Å². The quantitative estimate of drug-likeness (QED) is 0.446. The van der Waals surface area contributed by atoms with E-state index in [1.807, 2.05) is 18.2 Å². The van der Waals surface area contributed by atoms with Gasteiger partial charge in [0.2, 0.25) is 0 Å². The maximum Gasteiger partial charge on any atom is 0.408 e. The van der Waals surface area contributed by atoms with Crippen molar-refractivity contribution in [1.29, 1.82) is 0 Å². The number of carbonyl (C=O) groups is 2. The van der Waals surface area contributed by atoms with Crippen LogP contribution >= 0.6 is 0 Å². The Kier molecular flexibility index (Phi) is 8.02. The Hall–Kier alpha value is -4.18. The molecule has 0 bridgehead atoms. The van der Waals surface area contributed by atoms with Crippen LogP contribution in [0.2, 0.25) is 0 Å². The molecule has 1 N–H and O–H groups in total. The fourth-order valence-corrected chi connectivity index (χ4v) is 5.13. The first kappa shape index (κ1) is 28.8. The summed E-state index contributed by atoms with van der Waals surface area (Å²) in [5.41, 5.74) is 1.98. The second-order valence-corrected chi connectivity index (χ2v) is 11.7. The molecule has 212 valence electrons. The van der Waals surface area contributed by atoms with Gasteiger partial charge in [0.1, 0.15) is 18.7 Å². The summed E-state index contributed by atoms with van der Waals surface area (Å²) in [6.07, 6.45) is -0.370. The topological polar surface area (TPSA) is 122 Å². The van der Waals surface area contributed by atoms with E-state index in [9.17, 15) is 24.3 Å². The predicted molar refractivity (Wildman–Crippen MR) is 148 cm³/mol. The van der Waals surface area contributed by atoms with Crippen LogP contribution in [-0.4, -0.2) is 50.9 Å². The number of likely N-dealkylation sites (N-methyl/N-ethyl adjacent to an activating group) is 1. The number of aliphatic carboxylic acids is 1. The fraction of sp³-hybridized carbons (Fsp3) is 0.400. The number of quaternary nitrogens is 1. The van der Waals surface area contributed by atoms with Crippen LogP contribution in [0.4, 0.5) is 4.79 Å². The van der Waals surface area contributed by atoms with Gasteiger partial charge in [-0.2, -0.15) is 0 Å². The molecule has 0 fully saturated rings. The van der Waals surface area contributed by atoms with Crippen LogP contribution in [0.15, 0.2) is 64.2 Å². The summed E-state index contributed by atoms with van der Waals surface area (Å²) in [6.45, 7) is 7.16. The van der Waals surface area contributed by atoms with Crippen molar-refractivity contribution >= 4 is 12.1 Å². The number of ether oxygens (including phenoxy) is 1. The van der Waals surface area contributed by atoms with Crippen molar-refractivity contribution in [2.45, 2.75) is 58.3 Å². The summed E-state index contributed by atoms with van der Waals surface area (Å²) in [5, 5.41) is 13.9. The van der Waals surface area contributed by atoms with Crippen LogP contribution in [0.1, 0.15) is 43.2 Å². The number of alkyl carbamates (subject to hydrolysis) is 1. The maximum atomic E-state index is 13.5. The lowest BCUT2D eigenvalue weighted by Crippen LogP contribution is -2.52. The van der Waals surface area contributed by atoms with Crippen molar-refractivity contribution in [2.75, 3.05) is 13.6 Å². The van der Waals surface area contributed by atoms with E-state index in [0.717, 1.165) is 23.4 Å². The summed E-state index contributed by atoms with van der Waals surface area (Å²) < 4.78 is 8.55. The van der Waals surface area contributed by atoms with Crippen molar-refractivity contribution in [1.82, 2.24) is 14.5 Å². The molecule has 3 aromatic rings. The van der Waals surface area contributed by atoms with Gasteiger partial charge in [-0.3, -0.25) is 9.36 Å². The van der Waals surface area contributed by atoms with Crippen LogP contribution in [0.3, 0.4) is 0 Å². The van der Waals surface area contributed by atoms with E-state index in [-0.39, 0.29) is 12.0 Å². The molecule has 0 aliphatic carbocycles. The number of amides is 1. The highest BCUT2D eigenvalue weighted by molar-refractivity contribution is 5.79. The third-order valence-electron chi connectivity index (χ3n) is 7.14.